The van der Waals surface area contributed by atoms with Crippen molar-refractivity contribution in [2.75, 3.05) is 6.54 Å². The molecule has 0 saturated heterocycles. The van der Waals surface area contributed by atoms with Gasteiger partial charge in [-0.1, -0.05) is 13.8 Å². The number of ether oxygens (including phenoxy) is 1. The van der Waals surface area contributed by atoms with Crippen molar-refractivity contribution < 1.29 is 9.13 Å². The molecule has 2 rings (SSSR count). The number of hydrogen-bond donors (Lipinski definition) is 1. The molecule has 3 nitrogen and oxygen atoms in total. The Balaban J connectivity index is 2.25. The first-order chi connectivity index (χ1) is 10.1. The number of halogens is 2. The lowest BCUT2D eigenvalue weighted by Crippen LogP contribution is -2.12. The number of nitrogens with zero attached hydrogens (tertiary/aromatic N) is 1. The van der Waals surface area contributed by atoms with E-state index in [9.17, 15) is 4.39 Å². The average molecular weight is 353 g/mol. The molecular weight excluding hydrogens is 335 g/mol. The van der Waals surface area contributed by atoms with Gasteiger partial charge in [-0.2, -0.15) is 0 Å². The molecule has 0 bridgehead atoms. The Labute approximate surface area is 132 Å². The van der Waals surface area contributed by atoms with Crippen molar-refractivity contribution in [3.8, 4) is 11.6 Å². The Kier molecular flexibility index (Phi) is 5.70. The van der Waals surface area contributed by atoms with Crippen LogP contribution in [0.15, 0.2) is 34.8 Å². The van der Waals surface area contributed by atoms with Crippen LogP contribution >= 0.6 is 15.9 Å². The fourth-order valence-electron chi connectivity index (χ4n) is 1.90. The lowest BCUT2D eigenvalue weighted by molar-refractivity contribution is 0.455. The molecular formula is C16H18BrFN2O. The fourth-order valence-corrected chi connectivity index (χ4v) is 2.33. The van der Waals surface area contributed by atoms with Gasteiger partial charge in [0.1, 0.15) is 11.6 Å². The van der Waals surface area contributed by atoms with Crippen molar-refractivity contribution in [2.24, 2.45) is 0 Å². The number of pyridine rings is 1. The molecule has 21 heavy (non-hydrogen) atoms. The molecule has 112 valence electrons. The van der Waals surface area contributed by atoms with Crippen LogP contribution in [0.3, 0.4) is 0 Å². The third-order valence-electron chi connectivity index (χ3n) is 2.96. The molecule has 1 aromatic heterocycles. The topological polar surface area (TPSA) is 34.2 Å². The summed E-state index contributed by atoms with van der Waals surface area (Å²) in [7, 11) is 0. The molecule has 2 aromatic rings. The molecule has 0 spiro atoms. The van der Waals surface area contributed by atoms with E-state index in [0.29, 0.717) is 16.1 Å². The maximum absolute atomic E-state index is 13.1. The van der Waals surface area contributed by atoms with Crippen molar-refractivity contribution in [3.05, 3.63) is 51.9 Å². The normalized spacial score (nSPS) is 10.7. The summed E-state index contributed by atoms with van der Waals surface area (Å²) in [5.41, 5.74) is 2.09. The molecule has 0 aliphatic rings. The van der Waals surface area contributed by atoms with E-state index in [0.717, 1.165) is 30.8 Å². The zero-order valence-corrected chi connectivity index (χ0v) is 13.7. The van der Waals surface area contributed by atoms with Gasteiger partial charge in [-0.25, -0.2) is 9.37 Å². The van der Waals surface area contributed by atoms with E-state index < -0.39 is 0 Å². The summed E-state index contributed by atoms with van der Waals surface area (Å²) in [5, 5.41) is 3.28. The molecule has 0 atom stereocenters. The van der Waals surface area contributed by atoms with Crippen LogP contribution in [0.5, 0.6) is 11.6 Å². The molecule has 1 N–H and O–H groups in total. The van der Waals surface area contributed by atoms with E-state index in [2.05, 4.69) is 46.1 Å². The summed E-state index contributed by atoms with van der Waals surface area (Å²) in [6.45, 7) is 5.79. The molecule has 1 heterocycles. The van der Waals surface area contributed by atoms with E-state index in [1.165, 1.54) is 12.1 Å². The van der Waals surface area contributed by atoms with Crippen LogP contribution in [0, 0.1) is 5.82 Å². The van der Waals surface area contributed by atoms with Crippen LogP contribution in [0.1, 0.15) is 25.1 Å². The van der Waals surface area contributed by atoms with E-state index in [1.807, 2.05) is 6.07 Å². The van der Waals surface area contributed by atoms with Crippen LogP contribution in [-0.2, 0) is 13.0 Å². The van der Waals surface area contributed by atoms with Gasteiger partial charge >= 0.3 is 0 Å². The van der Waals surface area contributed by atoms with Gasteiger partial charge in [0.15, 0.2) is 0 Å². The van der Waals surface area contributed by atoms with Crippen molar-refractivity contribution in [1.29, 1.82) is 0 Å². The molecule has 0 radical (unpaired) electrons. The Morgan fingerprint density at radius 3 is 2.71 bits per heavy atom. The second-order valence-electron chi connectivity index (χ2n) is 4.62. The molecule has 0 saturated carbocycles. The maximum atomic E-state index is 13.1. The van der Waals surface area contributed by atoms with Crippen molar-refractivity contribution in [2.45, 2.75) is 26.8 Å². The highest BCUT2D eigenvalue weighted by atomic mass is 79.9. The summed E-state index contributed by atoms with van der Waals surface area (Å²) in [6, 6.07) is 8.29. The molecule has 0 unspecified atom stereocenters. The van der Waals surface area contributed by atoms with Crippen LogP contribution in [0.2, 0.25) is 0 Å². The molecule has 0 amide bonds. The SMILES string of the molecule is CCNCc1cc(CC)nc(Oc2ccc(F)cc2Br)c1. The number of benzene rings is 1. The van der Waals surface area contributed by atoms with Crippen LogP contribution < -0.4 is 10.1 Å². The summed E-state index contributed by atoms with van der Waals surface area (Å²) in [5.74, 6) is 0.762. The number of rotatable bonds is 6. The van der Waals surface area contributed by atoms with Crippen LogP contribution in [0.25, 0.3) is 0 Å². The summed E-state index contributed by atoms with van der Waals surface area (Å²) >= 11 is 3.30. The summed E-state index contributed by atoms with van der Waals surface area (Å²) in [6.07, 6.45) is 0.834. The van der Waals surface area contributed by atoms with Crippen molar-refractivity contribution in [1.82, 2.24) is 10.3 Å². The zero-order chi connectivity index (χ0) is 15.2. The first-order valence-electron chi connectivity index (χ1n) is 6.95. The molecule has 1 aromatic carbocycles. The van der Waals surface area contributed by atoms with Gasteiger partial charge in [0.25, 0.3) is 0 Å². The van der Waals surface area contributed by atoms with Crippen LogP contribution in [-0.4, -0.2) is 11.5 Å². The quantitative estimate of drug-likeness (QED) is 0.833. The number of aryl methyl sites for hydroxylation is 1. The average Bonchev–Trinajstić information content (AvgIpc) is 2.48. The Morgan fingerprint density at radius 2 is 2.05 bits per heavy atom. The molecule has 0 aliphatic heterocycles. The van der Waals surface area contributed by atoms with E-state index in [1.54, 1.807) is 6.07 Å². The van der Waals surface area contributed by atoms with Crippen molar-refractivity contribution in [3.63, 3.8) is 0 Å². The van der Waals surface area contributed by atoms with Gasteiger partial charge in [-0.15, -0.1) is 0 Å². The van der Waals surface area contributed by atoms with Crippen molar-refractivity contribution >= 4 is 15.9 Å². The van der Waals surface area contributed by atoms with Gasteiger partial charge in [0.2, 0.25) is 5.88 Å². The monoisotopic (exact) mass is 352 g/mol. The first kappa shape index (κ1) is 15.9. The smallest absolute Gasteiger partial charge is 0.219 e. The zero-order valence-electron chi connectivity index (χ0n) is 12.1. The van der Waals surface area contributed by atoms with Gasteiger partial charge in [0.05, 0.1) is 4.47 Å². The van der Waals surface area contributed by atoms with Gasteiger partial charge in [0, 0.05) is 18.3 Å². The predicted molar refractivity (Wildman–Crippen MR) is 85.2 cm³/mol. The number of aromatic nitrogens is 1. The lowest BCUT2D eigenvalue weighted by atomic mass is 10.2. The Morgan fingerprint density at radius 1 is 1.24 bits per heavy atom. The standard InChI is InChI=1S/C16H18BrFN2O/c1-3-13-7-11(10-19-4-2)8-16(20-13)21-15-6-5-12(18)9-14(15)17/h5-9,19H,3-4,10H2,1-2H3. The highest BCUT2D eigenvalue weighted by Crippen LogP contribution is 2.30. The Hall–Kier alpha value is -1.46. The summed E-state index contributed by atoms with van der Waals surface area (Å²) in [4.78, 5) is 4.45. The molecule has 5 heteroatoms. The highest BCUT2D eigenvalue weighted by molar-refractivity contribution is 9.10. The molecule has 0 aliphatic carbocycles. The fraction of sp³-hybridized carbons (Fsp3) is 0.312. The lowest BCUT2D eigenvalue weighted by Gasteiger charge is -2.11. The predicted octanol–water partition coefficient (Wildman–Crippen LogP) is 4.45. The third-order valence-corrected chi connectivity index (χ3v) is 3.58. The minimum atomic E-state index is -0.308. The van der Waals surface area contributed by atoms with Gasteiger partial charge in [-0.05, 0) is 58.7 Å². The second-order valence-corrected chi connectivity index (χ2v) is 5.47. The minimum absolute atomic E-state index is 0.308. The largest absolute Gasteiger partial charge is 0.438 e. The maximum Gasteiger partial charge on any atom is 0.219 e. The van der Waals surface area contributed by atoms with E-state index in [4.69, 9.17) is 4.74 Å². The van der Waals surface area contributed by atoms with Crippen LogP contribution in [0.4, 0.5) is 4.39 Å². The first-order valence-corrected chi connectivity index (χ1v) is 7.75. The Bertz CT molecular complexity index is 619. The second kappa shape index (κ2) is 7.52. The van der Waals surface area contributed by atoms with E-state index in [-0.39, 0.29) is 5.82 Å². The number of nitrogens with one attached hydrogen (secondary N) is 1. The highest BCUT2D eigenvalue weighted by Gasteiger charge is 2.08. The summed E-state index contributed by atoms with van der Waals surface area (Å²) < 4.78 is 19.4. The van der Waals surface area contributed by atoms with E-state index >= 15 is 0 Å². The van der Waals surface area contributed by atoms with Gasteiger partial charge in [-0.3, -0.25) is 0 Å². The minimum Gasteiger partial charge on any atom is -0.438 e. The molecule has 0 fully saturated rings. The number of hydrogen-bond acceptors (Lipinski definition) is 3. The van der Waals surface area contributed by atoms with Gasteiger partial charge < -0.3 is 10.1 Å². The third kappa shape index (κ3) is 4.51.